The molecule has 1 amide bonds. The molecule has 0 aliphatic rings. The van der Waals surface area contributed by atoms with Gasteiger partial charge in [-0.15, -0.1) is 0 Å². The minimum absolute atomic E-state index is 0.103. The molecule has 0 unspecified atom stereocenters. The first kappa shape index (κ1) is 20.9. The van der Waals surface area contributed by atoms with Gasteiger partial charge in [0.15, 0.2) is 0 Å². The lowest BCUT2D eigenvalue weighted by molar-refractivity contribution is -0.115. The van der Waals surface area contributed by atoms with Crippen molar-refractivity contribution in [2.45, 2.75) is 6.42 Å². The fourth-order valence-corrected chi connectivity index (χ4v) is 3.13. The van der Waals surface area contributed by atoms with Gasteiger partial charge in [0.2, 0.25) is 5.91 Å². The van der Waals surface area contributed by atoms with Crippen molar-refractivity contribution in [3.8, 4) is 5.75 Å². The third-order valence-corrected chi connectivity index (χ3v) is 4.85. The van der Waals surface area contributed by atoms with E-state index in [0.717, 1.165) is 15.6 Å². The van der Waals surface area contributed by atoms with Gasteiger partial charge in [-0.05, 0) is 59.7 Å². The Morgan fingerprint density at radius 2 is 1.76 bits per heavy atom. The van der Waals surface area contributed by atoms with E-state index in [1.54, 1.807) is 36.4 Å². The second-order valence-electron chi connectivity index (χ2n) is 6.26. The SMILES string of the molecule is O=C=C(COc1ccc(NC(=O)Cc2cccc(Cl)c2)cc1)c1ccc(Br)cc1. The molecule has 0 atom stereocenters. The van der Waals surface area contributed by atoms with E-state index in [2.05, 4.69) is 21.2 Å². The normalized spacial score (nSPS) is 10.1. The van der Waals surface area contributed by atoms with E-state index in [9.17, 15) is 9.59 Å². The molecular formula is C23H17BrClNO3. The van der Waals surface area contributed by atoms with Crippen LogP contribution >= 0.6 is 27.5 Å². The highest BCUT2D eigenvalue weighted by Gasteiger charge is 2.07. The predicted molar refractivity (Wildman–Crippen MR) is 119 cm³/mol. The molecule has 3 aromatic rings. The summed E-state index contributed by atoms with van der Waals surface area (Å²) in [5, 5.41) is 3.44. The molecule has 0 aliphatic heterocycles. The number of amides is 1. The third-order valence-electron chi connectivity index (χ3n) is 4.09. The minimum Gasteiger partial charge on any atom is -0.488 e. The number of hydrogen-bond donors (Lipinski definition) is 1. The Morgan fingerprint density at radius 1 is 1.03 bits per heavy atom. The van der Waals surface area contributed by atoms with Crippen LogP contribution in [0.4, 0.5) is 5.69 Å². The Labute approximate surface area is 182 Å². The monoisotopic (exact) mass is 469 g/mol. The largest absolute Gasteiger partial charge is 0.488 e. The van der Waals surface area contributed by atoms with Crippen LogP contribution in [0.25, 0.3) is 5.57 Å². The summed E-state index contributed by atoms with van der Waals surface area (Å²) in [5.74, 6) is 2.38. The quantitative estimate of drug-likeness (QED) is 0.459. The van der Waals surface area contributed by atoms with Crippen LogP contribution in [-0.2, 0) is 16.0 Å². The molecule has 1 N–H and O–H groups in total. The summed E-state index contributed by atoms with van der Waals surface area (Å²) in [6.45, 7) is 0.103. The van der Waals surface area contributed by atoms with Crippen LogP contribution < -0.4 is 10.1 Å². The molecular weight excluding hydrogens is 454 g/mol. The van der Waals surface area contributed by atoms with Crippen molar-refractivity contribution in [1.29, 1.82) is 0 Å². The highest BCUT2D eigenvalue weighted by molar-refractivity contribution is 9.10. The average Bonchev–Trinajstić information content (AvgIpc) is 2.71. The fraction of sp³-hybridized carbons (Fsp3) is 0.0870. The van der Waals surface area contributed by atoms with Crippen LogP contribution in [0.5, 0.6) is 5.75 Å². The molecule has 0 bridgehead atoms. The Bertz CT molecular complexity index is 1040. The van der Waals surface area contributed by atoms with Gasteiger partial charge in [-0.2, -0.15) is 0 Å². The highest BCUT2D eigenvalue weighted by Crippen LogP contribution is 2.20. The van der Waals surface area contributed by atoms with Crippen molar-refractivity contribution >= 4 is 50.6 Å². The van der Waals surface area contributed by atoms with Gasteiger partial charge in [-0.3, -0.25) is 4.79 Å². The summed E-state index contributed by atoms with van der Waals surface area (Å²) < 4.78 is 6.60. The summed E-state index contributed by atoms with van der Waals surface area (Å²) in [5.41, 5.74) is 2.68. The molecule has 0 heterocycles. The molecule has 0 radical (unpaired) electrons. The first-order valence-electron chi connectivity index (χ1n) is 8.80. The summed E-state index contributed by atoms with van der Waals surface area (Å²) in [6.07, 6.45) is 0.236. The third kappa shape index (κ3) is 6.33. The maximum atomic E-state index is 12.2. The van der Waals surface area contributed by atoms with E-state index in [4.69, 9.17) is 16.3 Å². The van der Waals surface area contributed by atoms with Crippen molar-refractivity contribution in [2.75, 3.05) is 11.9 Å². The number of benzene rings is 3. The summed E-state index contributed by atoms with van der Waals surface area (Å²) in [7, 11) is 0. The van der Waals surface area contributed by atoms with Crippen molar-refractivity contribution < 1.29 is 14.3 Å². The molecule has 0 fully saturated rings. The first-order chi connectivity index (χ1) is 14.0. The van der Waals surface area contributed by atoms with Crippen molar-refractivity contribution in [3.05, 3.63) is 93.4 Å². The maximum absolute atomic E-state index is 12.2. The Morgan fingerprint density at radius 3 is 2.41 bits per heavy atom. The van der Waals surface area contributed by atoms with E-state index in [1.807, 2.05) is 42.3 Å². The number of nitrogens with one attached hydrogen (secondary N) is 1. The Kier molecular flexibility index (Phi) is 7.25. The summed E-state index contributed by atoms with van der Waals surface area (Å²) in [6, 6.07) is 21.5. The van der Waals surface area contributed by atoms with Crippen molar-refractivity contribution in [2.24, 2.45) is 0 Å². The Balaban J connectivity index is 1.55. The number of ether oxygens (including phenoxy) is 1. The van der Waals surface area contributed by atoms with E-state index in [1.165, 1.54) is 0 Å². The van der Waals surface area contributed by atoms with Gasteiger partial charge in [0.1, 0.15) is 18.3 Å². The topological polar surface area (TPSA) is 55.4 Å². The van der Waals surface area contributed by atoms with E-state index in [0.29, 0.717) is 22.0 Å². The Hall–Kier alpha value is -2.85. The number of carbonyl (C=O) groups is 1. The number of halogens is 2. The predicted octanol–water partition coefficient (Wildman–Crippen LogP) is 5.58. The van der Waals surface area contributed by atoms with Crippen LogP contribution in [0.2, 0.25) is 5.02 Å². The van der Waals surface area contributed by atoms with Crippen LogP contribution in [0.3, 0.4) is 0 Å². The number of anilines is 1. The maximum Gasteiger partial charge on any atom is 0.228 e. The first-order valence-corrected chi connectivity index (χ1v) is 9.97. The van der Waals surface area contributed by atoms with Gasteiger partial charge in [0.25, 0.3) is 0 Å². The van der Waals surface area contributed by atoms with Gasteiger partial charge in [-0.1, -0.05) is 51.8 Å². The van der Waals surface area contributed by atoms with Crippen LogP contribution in [0.1, 0.15) is 11.1 Å². The lowest BCUT2D eigenvalue weighted by Crippen LogP contribution is -2.14. The zero-order valence-corrected chi connectivity index (χ0v) is 17.7. The lowest BCUT2D eigenvalue weighted by Gasteiger charge is -2.09. The fourth-order valence-electron chi connectivity index (χ4n) is 2.65. The zero-order valence-electron chi connectivity index (χ0n) is 15.3. The van der Waals surface area contributed by atoms with E-state index >= 15 is 0 Å². The number of rotatable bonds is 7. The van der Waals surface area contributed by atoms with Crippen molar-refractivity contribution in [3.63, 3.8) is 0 Å². The van der Waals surface area contributed by atoms with Crippen LogP contribution in [0, 0.1) is 0 Å². The lowest BCUT2D eigenvalue weighted by atomic mass is 10.1. The number of hydrogen-bond acceptors (Lipinski definition) is 3. The molecule has 0 saturated carbocycles. The zero-order chi connectivity index (χ0) is 20.6. The molecule has 0 saturated heterocycles. The minimum atomic E-state index is -0.137. The van der Waals surface area contributed by atoms with Crippen molar-refractivity contribution in [1.82, 2.24) is 0 Å². The summed E-state index contributed by atoms with van der Waals surface area (Å²) in [4.78, 5) is 23.4. The average molecular weight is 471 g/mol. The molecule has 3 aromatic carbocycles. The molecule has 3 rings (SSSR count). The van der Waals surface area contributed by atoms with Crippen LogP contribution in [-0.4, -0.2) is 18.5 Å². The molecule has 146 valence electrons. The molecule has 6 heteroatoms. The second-order valence-corrected chi connectivity index (χ2v) is 7.61. The smallest absolute Gasteiger partial charge is 0.228 e. The molecule has 0 aromatic heterocycles. The molecule has 29 heavy (non-hydrogen) atoms. The highest BCUT2D eigenvalue weighted by atomic mass is 79.9. The van der Waals surface area contributed by atoms with Gasteiger partial charge >= 0.3 is 0 Å². The molecule has 0 spiro atoms. The second kappa shape index (κ2) is 10.1. The van der Waals surface area contributed by atoms with Gasteiger partial charge in [0.05, 0.1) is 12.0 Å². The standard InChI is InChI=1S/C23H17BrClNO3/c24-19-6-4-17(5-7-19)18(14-27)15-29-22-10-8-21(9-11-22)26-23(28)13-16-2-1-3-20(25)12-16/h1-12H,13,15H2,(H,26,28). The number of carbonyl (C=O) groups excluding carboxylic acids is 2. The van der Waals surface area contributed by atoms with Gasteiger partial charge in [-0.25, -0.2) is 4.79 Å². The molecule has 4 nitrogen and oxygen atoms in total. The van der Waals surface area contributed by atoms with Gasteiger partial charge in [0, 0.05) is 15.2 Å². The van der Waals surface area contributed by atoms with Crippen LogP contribution in [0.15, 0.2) is 77.3 Å². The van der Waals surface area contributed by atoms with Gasteiger partial charge < -0.3 is 10.1 Å². The van der Waals surface area contributed by atoms with E-state index < -0.39 is 0 Å². The summed E-state index contributed by atoms with van der Waals surface area (Å²) >= 11 is 9.30. The molecule has 0 aliphatic carbocycles. The van der Waals surface area contributed by atoms with E-state index in [-0.39, 0.29) is 18.9 Å².